The summed E-state index contributed by atoms with van der Waals surface area (Å²) in [5.74, 6) is -0.420. The molecule has 2 rings (SSSR count). The molecule has 0 fully saturated rings. The van der Waals surface area contributed by atoms with Crippen LogP contribution in [-0.4, -0.2) is 38.6 Å². The summed E-state index contributed by atoms with van der Waals surface area (Å²) in [7, 11) is 0. The molecule has 0 saturated heterocycles. The van der Waals surface area contributed by atoms with E-state index in [9.17, 15) is 9.59 Å². The quantitative estimate of drug-likeness (QED) is 0.523. The van der Waals surface area contributed by atoms with Crippen LogP contribution in [0.25, 0.3) is 0 Å². The summed E-state index contributed by atoms with van der Waals surface area (Å²) in [5.41, 5.74) is 1.26. The van der Waals surface area contributed by atoms with Crippen LogP contribution >= 0.6 is 23.2 Å². The van der Waals surface area contributed by atoms with Crippen LogP contribution in [0.2, 0.25) is 10.0 Å². The molecule has 0 aliphatic carbocycles. The van der Waals surface area contributed by atoms with Gasteiger partial charge in [-0.2, -0.15) is 0 Å². The Labute approximate surface area is 154 Å². The third kappa shape index (κ3) is 3.84. The fraction of sp³-hybridized carbons (Fsp3) is 0.200. The predicted octanol–water partition coefficient (Wildman–Crippen LogP) is 3.22. The molecule has 7 heteroatoms. The van der Waals surface area contributed by atoms with Crippen LogP contribution in [0.4, 0.5) is 0 Å². The molecule has 0 unspecified atom stereocenters. The number of benzene rings is 1. The second-order valence-corrected chi connectivity index (χ2v) is 5.76. The molecule has 1 aromatic heterocycles. The van der Waals surface area contributed by atoms with E-state index in [2.05, 4.69) is 11.7 Å². The largest absolute Gasteiger partial charge is 0.299 e. The van der Waals surface area contributed by atoms with Crippen molar-refractivity contribution in [2.45, 2.75) is 20.4 Å². The number of H-pyrrole nitrogens is 1. The monoisotopic (exact) mass is 348 g/mol. The molecule has 0 saturated carbocycles. The Morgan fingerprint density at radius 3 is 2.55 bits per heavy atom. The minimum atomic E-state index is -0.420. The number of hydrogen-bond acceptors (Lipinski definition) is 2. The van der Waals surface area contributed by atoms with Gasteiger partial charge in [-0.3, -0.25) is 14.7 Å². The van der Waals surface area contributed by atoms with Gasteiger partial charge >= 0.3 is 0 Å². The number of hydrogen-bond donors (Lipinski definition) is 1. The zero-order valence-electron chi connectivity index (χ0n) is 12.4. The van der Waals surface area contributed by atoms with Gasteiger partial charge in [0.05, 0.1) is 11.6 Å². The molecule has 0 bridgehead atoms. The van der Waals surface area contributed by atoms with Crippen molar-refractivity contribution in [3.63, 3.8) is 0 Å². The zero-order chi connectivity index (χ0) is 15.7. The van der Waals surface area contributed by atoms with Gasteiger partial charge < -0.3 is 0 Å². The van der Waals surface area contributed by atoms with Crippen molar-refractivity contribution in [2.24, 2.45) is 0 Å². The molecule has 1 N–H and O–H groups in total. The number of nitrogens with zero attached hydrogens (tertiary/aromatic N) is 1. The van der Waals surface area contributed by atoms with Crippen molar-refractivity contribution in [1.82, 2.24) is 9.78 Å². The number of ketones is 1. The van der Waals surface area contributed by atoms with Crippen LogP contribution in [-0.2, 0) is 6.54 Å². The Morgan fingerprint density at radius 1 is 1.36 bits per heavy atom. The van der Waals surface area contributed by atoms with Crippen molar-refractivity contribution >= 4 is 52.0 Å². The zero-order valence-corrected chi connectivity index (χ0v) is 15.3. The lowest BCUT2D eigenvalue weighted by Crippen LogP contribution is -2.22. The third-order valence-corrected chi connectivity index (χ3v) is 3.52. The van der Waals surface area contributed by atoms with Crippen LogP contribution in [0, 0.1) is 6.92 Å². The number of carbonyl (C=O) groups is 1. The molecule has 0 atom stereocenters. The molecule has 2 aromatic rings. The number of allylic oxidation sites excluding steroid dienone is 1. The first-order chi connectivity index (χ1) is 9.81. The maximum Gasteiger partial charge on any atom is 0.278 e. The van der Waals surface area contributed by atoms with Gasteiger partial charge in [-0.25, -0.2) is 4.68 Å². The smallest absolute Gasteiger partial charge is 0.278 e. The molecule has 4 nitrogen and oxygen atoms in total. The van der Waals surface area contributed by atoms with E-state index in [-0.39, 0.29) is 44.8 Å². The Hall–Kier alpha value is -1.01. The number of halogens is 2. The number of aromatic nitrogens is 2. The molecular weight excluding hydrogens is 335 g/mol. The lowest BCUT2D eigenvalue weighted by molar-refractivity contribution is 0.103. The lowest BCUT2D eigenvalue weighted by atomic mass is 10.0. The molecule has 2 radical (unpaired) electrons. The standard InChI is InChI=1S/C15H14Cl2N2O2.Mg/c1-8(2)7-19-15(21)13(9(3)18-19)14(20)11-5-4-10(16)6-12(11)17;/h4-6,18H,1,7H2,2-3H3;. The highest BCUT2D eigenvalue weighted by molar-refractivity contribution is 6.37. The third-order valence-electron chi connectivity index (χ3n) is 2.97. The van der Waals surface area contributed by atoms with Gasteiger partial charge in [0, 0.05) is 39.3 Å². The van der Waals surface area contributed by atoms with E-state index in [4.69, 9.17) is 23.2 Å². The molecular formula is C15H14Cl2MgN2O2. The summed E-state index contributed by atoms with van der Waals surface area (Å²) >= 11 is 11.8. The first-order valence-electron chi connectivity index (χ1n) is 6.24. The highest BCUT2D eigenvalue weighted by Crippen LogP contribution is 2.23. The van der Waals surface area contributed by atoms with Crippen molar-refractivity contribution < 1.29 is 4.79 Å². The van der Waals surface area contributed by atoms with Crippen LogP contribution in [0.1, 0.15) is 28.5 Å². The van der Waals surface area contributed by atoms with E-state index < -0.39 is 5.78 Å². The number of rotatable bonds is 4. The van der Waals surface area contributed by atoms with Gasteiger partial charge in [-0.1, -0.05) is 35.4 Å². The summed E-state index contributed by atoms with van der Waals surface area (Å²) in [6.07, 6.45) is 0. The van der Waals surface area contributed by atoms with Crippen LogP contribution in [0.15, 0.2) is 35.1 Å². The summed E-state index contributed by atoms with van der Waals surface area (Å²) in [4.78, 5) is 24.9. The van der Waals surface area contributed by atoms with Crippen molar-refractivity contribution in [1.29, 1.82) is 0 Å². The molecule has 0 spiro atoms. The fourth-order valence-corrected chi connectivity index (χ4v) is 2.56. The topological polar surface area (TPSA) is 54.9 Å². The first kappa shape index (κ1) is 19.0. The second kappa shape index (κ2) is 7.50. The average molecular weight is 350 g/mol. The van der Waals surface area contributed by atoms with Gasteiger partial charge in [0.1, 0.15) is 5.56 Å². The maximum absolute atomic E-state index is 12.5. The maximum atomic E-state index is 12.5. The summed E-state index contributed by atoms with van der Waals surface area (Å²) in [6, 6.07) is 4.56. The van der Waals surface area contributed by atoms with Gasteiger partial charge in [-0.15, -0.1) is 0 Å². The summed E-state index contributed by atoms with van der Waals surface area (Å²) < 4.78 is 1.36. The van der Waals surface area contributed by atoms with Crippen LogP contribution in [0.3, 0.4) is 0 Å². The minimum Gasteiger partial charge on any atom is -0.299 e. The SMILES string of the molecule is C=C(C)Cn1[nH]c(C)c(C(=O)c2ccc(Cl)cc2Cl)c1=O.[Mg]. The van der Waals surface area contributed by atoms with Crippen molar-refractivity contribution in [3.8, 4) is 0 Å². The van der Waals surface area contributed by atoms with E-state index in [1.54, 1.807) is 19.9 Å². The highest BCUT2D eigenvalue weighted by atomic mass is 35.5. The van der Waals surface area contributed by atoms with Gasteiger partial charge in [0.25, 0.3) is 5.56 Å². The Kier molecular flexibility index (Phi) is 6.49. The average Bonchev–Trinajstić information content (AvgIpc) is 2.63. The van der Waals surface area contributed by atoms with E-state index in [0.29, 0.717) is 17.3 Å². The normalized spacial score (nSPS) is 10.2. The number of aromatic amines is 1. The number of nitrogens with one attached hydrogen (secondary N) is 1. The van der Waals surface area contributed by atoms with Gasteiger partial charge in [0.2, 0.25) is 5.78 Å². The van der Waals surface area contributed by atoms with Crippen molar-refractivity contribution in [2.75, 3.05) is 0 Å². The molecule has 0 aliphatic heterocycles. The molecule has 1 heterocycles. The van der Waals surface area contributed by atoms with E-state index in [1.165, 1.54) is 16.8 Å². The van der Waals surface area contributed by atoms with E-state index in [1.807, 2.05) is 0 Å². The molecule has 22 heavy (non-hydrogen) atoms. The second-order valence-electron chi connectivity index (χ2n) is 4.91. The Balaban J connectivity index is 0.00000242. The van der Waals surface area contributed by atoms with Gasteiger partial charge in [-0.05, 0) is 32.0 Å². The van der Waals surface area contributed by atoms with Crippen LogP contribution < -0.4 is 5.56 Å². The first-order valence-corrected chi connectivity index (χ1v) is 7.00. The lowest BCUT2D eigenvalue weighted by Gasteiger charge is -2.02. The molecule has 1 aromatic carbocycles. The highest BCUT2D eigenvalue weighted by Gasteiger charge is 2.22. The summed E-state index contributed by atoms with van der Waals surface area (Å²) in [6.45, 7) is 7.57. The Bertz CT molecular complexity index is 793. The molecule has 0 amide bonds. The van der Waals surface area contributed by atoms with Crippen LogP contribution in [0.5, 0.6) is 0 Å². The van der Waals surface area contributed by atoms with Gasteiger partial charge in [0.15, 0.2) is 0 Å². The van der Waals surface area contributed by atoms with Crippen molar-refractivity contribution in [3.05, 3.63) is 67.6 Å². The summed E-state index contributed by atoms with van der Waals surface area (Å²) in [5, 5.41) is 3.53. The predicted molar refractivity (Wildman–Crippen MR) is 90.3 cm³/mol. The minimum absolute atomic E-state index is 0. The fourth-order valence-electron chi connectivity index (χ4n) is 2.06. The molecule has 0 aliphatic rings. The number of aryl methyl sites for hydroxylation is 1. The van der Waals surface area contributed by atoms with E-state index >= 15 is 0 Å². The van der Waals surface area contributed by atoms with E-state index in [0.717, 1.165) is 5.57 Å². The number of carbonyl (C=O) groups excluding carboxylic acids is 1. The Morgan fingerprint density at radius 2 is 2.00 bits per heavy atom. The molecule has 112 valence electrons.